The lowest BCUT2D eigenvalue weighted by molar-refractivity contribution is 0.409. The van der Waals surface area contributed by atoms with Crippen LogP contribution in [0.4, 0.5) is 0 Å². The first-order valence-corrected chi connectivity index (χ1v) is 9.66. The van der Waals surface area contributed by atoms with Gasteiger partial charge < -0.3 is 0 Å². The molecule has 1 saturated carbocycles. The predicted octanol–water partition coefficient (Wildman–Crippen LogP) is 6.72. The van der Waals surface area contributed by atoms with Crippen molar-refractivity contribution < 1.29 is 0 Å². The molecule has 0 spiro atoms. The molecule has 1 heteroatoms. The molecule has 0 nitrogen and oxygen atoms in total. The number of hydrogen-bond acceptors (Lipinski definition) is 0. The van der Waals surface area contributed by atoms with Crippen molar-refractivity contribution in [2.24, 2.45) is 5.92 Å². The third kappa shape index (κ3) is 8.94. The molecular weight excluding hydrogens is 284 g/mol. The quantitative estimate of drug-likeness (QED) is 0.265. The van der Waals surface area contributed by atoms with Crippen molar-refractivity contribution in [3.8, 4) is 0 Å². The van der Waals surface area contributed by atoms with Gasteiger partial charge in [0.2, 0.25) is 0 Å². The summed E-state index contributed by atoms with van der Waals surface area (Å²) in [6.07, 6.45) is 15.6. The van der Waals surface area contributed by atoms with Crippen LogP contribution < -0.4 is 0 Å². The van der Waals surface area contributed by atoms with Gasteiger partial charge in [-0.3, -0.25) is 0 Å². The van der Waals surface area contributed by atoms with Gasteiger partial charge in [0, 0.05) is 0 Å². The van der Waals surface area contributed by atoms with Crippen LogP contribution in [0.1, 0.15) is 45.4 Å². The van der Waals surface area contributed by atoms with Gasteiger partial charge in [0.25, 0.3) is 0 Å². The Hall–Kier alpha value is -1.21. The zero-order chi connectivity index (χ0) is 16.8. The van der Waals surface area contributed by atoms with Crippen LogP contribution in [0.25, 0.3) is 0 Å². The molecule has 0 aromatic carbocycles. The van der Waals surface area contributed by atoms with Crippen LogP contribution in [0.2, 0.25) is 0 Å². The lowest BCUT2D eigenvalue weighted by Gasteiger charge is -2.21. The Balaban J connectivity index is 0.000000763. The van der Waals surface area contributed by atoms with Crippen molar-refractivity contribution in [1.29, 1.82) is 0 Å². The van der Waals surface area contributed by atoms with Crippen molar-refractivity contribution in [1.82, 2.24) is 0 Å². The highest BCUT2D eigenvalue weighted by atomic mass is 32.2. The molecular formula is C21H33S+. The second-order valence-electron chi connectivity index (χ2n) is 5.41. The number of rotatable bonds is 8. The Morgan fingerprint density at radius 1 is 1.00 bits per heavy atom. The standard InChI is InChI=1S/C16H25S.C5H8/c1-5-17(6-2)15(4)13-12-14(3)16-10-8-7-9-11-16;1-3-5-4-2/h5,12-13,16H,1,3-4,6-11H2,2H3;3-4H,1-2,5H2/q+1;/b13-12-;. The molecule has 1 rings (SSSR count). The van der Waals surface area contributed by atoms with Crippen LogP contribution >= 0.6 is 0 Å². The van der Waals surface area contributed by atoms with Crippen LogP contribution in [0.15, 0.2) is 73.1 Å². The first-order chi connectivity index (χ1) is 10.6. The van der Waals surface area contributed by atoms with E-state index in [0.29, 0.717) is 5.92 Å². The van der Waals surface area contributed by atoms with Gasteiger partial charge in [-0.25, -0.2) is 0 Å². The molecule has 0 bridgehead atoms. The maximum atomic E-state index is 4.21. The molecule has 0 aromatic rings. The SMILES string of the molecule is C=CCC=C.C=C[S+](CC)C(=C)/C=C\C(=C)C1CCCCC1. The second kappa shape index (κ2) is 13.5. The second-order valence-corrected chi connectivity index (χ2v) is 7.70. The van der Waals surface area contributed by atoms with Gasteiger partial charge >= 0.3 is 0 Å². The number of hydrogen-bond donors (Lipinski definition) is 0. The van der Waals surface area contributed by atoms with E-state index in [2.05, 4.69) is 52.0 Å². The third-order valence-electron chi connectivity index (χ3n) is 3.80. The molecule has 0 aromatic heterocycles. The van der Waals surface area contributed by atoms with E-state index in [1.54, 1.807) is 0 Å². The predicted molar refractivity (Wildman–Crippen MR) is 107 cm³/mol. The van der Waals surface area contributed by atoms with E-state index in [4.69, 9.17) is 0 Å². The van der Waals surface area contributed by atoms with Crippen molar-refractivity contribution in [3.05, 3.63) is 73.1 Å². The van der Waals surface area contributed by atoms with E-state index in [-0.39, 0.29) is 10.9 Å². The summed E-state index contributed by atoms with van der Waals surface area (Å²) in [6, 6.07) is 0. The fourth-order valence-electron chi connectivity index (χ4n) is 2.42. The van der Waals surface area contributed by atoms with Crippen LogP contribution in [-0.2, 0) is 10.9 Å². The normalized spacial score (nSPS) is 16.2. The maximum absolute atomic E-state index is 4.21. The van der Waals surface area contributed by atoms with Crippen molar-refractivity contribution in [3.63, 3.8) is 0 Å². The summed E-state index contributed by atoms with van der Waals surface area (Å²) in [4.78, 5) is 1.18. The van der Waals surface area contributed by atoms with Crippen LogP contribution in [0.5, 0.6) is 0 Å². The number of allylic oxidation sites excluding steroid dienone is 5. The summed E-state index contributed by atoms with van der Waals surface area (Å²) >= 11 is 0. The minimum Gasteiger partial charge on any atom is -0.103 e. The molecule has 122 valence electrons. The lowest BCUT2D eigenvalue weighted by Crippen LogP contribution is -2.07. The largest absolute Gasteiger partial charge is 0.152 e. The summed E-state index contributed by atoms with van der Waals surface area (Å²) in [5.41, 5.74) is 1.29. The van der Waals surface area contributed by atoms with E-state index in [1.807, 2.05) is 17.6 Å². The van der Waals surface area contributed by atoms with E-state index < -0.39 is 0 Å². The first kappa shape index (κ1) is 20.8. The summed E-state index contributed by atoms with van der Waals surface area (Å²) in [7, 11) is 0.137. The lowest BCUT2D eigenvalue weighted by atomic mass is 9.84. The average Bonchev–Trinajstić information content (AvgIpc) is 2.56. The Morgan fingerprint density at radius 2 is 1.59 bits per heavy atom. The molecule has 0 heterocycles. The van der Waals surface area contributed by atoms with Gasteiger partial charge in [-0.15, -0.1) is 13.2 Å². The summed E-state index contributed by atoms with van der Waals surface area (Å²) in [6.45, 7) is 21.3. The zero-order valence-corrected chi connectivity index (χ0v) is 15.2. The van der Waals surface area contributed by atoms with Gasteiger partial charge in [-0.1, -0.05) is 56.2 Å². The van der Waals surface area contributed by atoms with Crippen LogP contribution in [0, 0.1) is 5.92 Å². The minimum atomic E-state index is 0.137. The molecule has 1 unspecified atom stereocenters. The molecule has 22 heavy (non-hydrogen) atoms. The molecule has 1 fully saturated rings. The van der Waals surface area contributed by atoms with Crippen LogP contribution in [-0.4, -0.2) is 5.75 Å². The summed E-state index contributed by atoms with van der Waals surface area (Å²) < 4.78 is 0. The highest BCUT2D eigenvalue weighted by Crippen LogP contribution is 2.29. The Bertz CT molecular complexity index is 388. The van der Waals surface area contributed by atoms with Crippen molar-refractivity contribution in [2.75, 3.05) is 5.75 Å². The molecule has 0 saturated heterocycles. The maximum Gasteiger partial charge on any atom is 0.152 e. The Kier molecular flexibility index (Phi) is 12.7. The third-order valence-corrected chi connectivity index (χ3v) is 5.63. The summed E-state index contributed by atoms with van der Waals surface area (Å²) in [5, 5.41) is 2.01. The summed E-state index contributed by atoms with van der Waals surface area (Å²) in [5.74, 6) is 1.81. The van der Waals surface area contributed by atoms with Gasteiger partial charge in [0.05, 0.1) is 10.9 Å². The van der Waals surface area contributed by atoms with E-state index in [1.165, 1.54) is 42.6 Å². The molecule has 0 radical (unpaired) electrons. The van der Waals surface area contributed by atoms with Gasteiger partial charge in [-0.2, -0.15) is 0 Å². The van der Waals surface area contributed by atoms with Gasteiger partial charge in [0.1, 0.15) is 11.2 Å². The van der Waals surface area contributed by atoms with Crippen LogP contribution in [0.3, 0.4) is 0 Å². The highest BCUT2D eigenvalue weighted by molar-refractivity contribution is 8.03. The average molecular weight is 318 g/mol. The molecule has 0 N–H and O–H groups in total. The molecule has 1 atom stereocenters. The van der Waals surface area contributed by atoms with Crippen molar-refractivity contribution in [2.45, 2.75) is 45.4 Å². The molecule has 0 aliphatic heterocycles. The molecule has 1 aliphatic rings. The van der Waals surface area contributed by atoms with E-state index >= 15 is 0 Å². The topological polar surface area (TPSA) is 0 Å². The van der Waals surface area contributed by atoms with Gasteiger partial charge in [0.15, 0.2) is 4.91 Å². The fraction of sp³-hybridized carbons (Fsp3) is 0.429. The zero-order valence-electron chi connectivity index (χ0n) is 14.4. The van der Waals surface area contributed by atoms with E-state index in [0.717, 1.165) is 12.2 Å². The van der Waals surface area contributed by atoms with E-state index in [9.17, 15) is 0 Å². The monoisotopic (exact) mass is 317 g/mol. The minimum absolute atomic E-state index is 0.137. The van der Waals surface area contributed by atoms with Crippen molar-refractivity contribution >= 4 is 10.9 Å². The van der Waals surface area contributed by atoms with Gasteiger partial charge in [-0.05, 0) is 44.8 Å². The Morgan fingerprint density at radius 3 is 2.00 bits per heavy atom. The first-order valence-electron chi connectivity index (χ1n) is 8.20. The molecule has 1 aliphatic carbocycles. The Labute approximate surface area is 141 Å². The molecule has 0 amide bonds. The fourth-order valence-corrected chi connectivity index (χ4v) is 3.49. The highest BCUT2D eigenvalue weighted by Gasteiger charge is 2.16. The smallest absolute Gasteiger partial charge is 0.103 e.